The zero-order chi connectivity index (χ0) is 13.0. The first kappa shape index (κ1) is 14.5. The molecule has 100 valence electrons. The highest BCUT2D eigenvalue weighted by Crippen LogP contribution is 2.29. The highest BCUT2D eigenvalue weighted by Gasteiger charge is 2.28. The van der Waals surface area contributed by atoms with Crippen molar-refractivity contribution in [3.63, 3.8) is 0 Å². The zero-order valence-corrected chi connectivity index (χ0v) is 11.8. The Balaban J connectivity index is 2.44. The minimum absolute atomic E-state index is 0.0764. The van der Waals surface area contributed by atoms with Gasteiger partial charge in [0.1, 0.15) is 0 Å². The molecule has 1 N–H and O–H groups in total. The highest BCUT2D eigenvalue weighted by atomic mass is 16.5. The van der Waals surface area contributed by atoms with E-state index in [1.807, 2.05) is 6.92 Å². The van der Waals surface area contributed by atoms with Crippen molar-refractivity contribution in [2.24, 2.45) is 17.8 Å². The van der Waals surface area contributed by atoms with E-state index in [1.54, 1.807) is 0 Å². The van der Waals surface area contributed by atoms with E-state index in [4.69, 9.17) is 4.74 Å². The number of carbonyl (C=O) groups is 1. The van der Waals surface area contributed by atoms with Gasteiger partial charge in [0.25, 0.3) is 0 Å². The van der Waals surface area contributed by atoms with E-state index in [9.17, 15) is 4.79 Å². The predicted molar refractivity (Wildman–Crippen MR) is 69.7 cm³/mol. The summed E-state index contributed by atoms with van der Waals surface area (Å²) in [5.41, 5.74) is 0. The Labute approximate surface area is 105 Å². The number of hydrogen-bond donors (Lipinski definition) is 1. The van der Waals surface area contributed by atoms with Crippen molar-refractivity contribution < 1.29 is 9.53 Å². The largest absolute Gasteiger partial charge is 0.469 e. The van der Waals surface area contributed by atoms with Crippen LogP contribution < -0.4 is 5.32 Å². The number of esters is 1. The van der Waals surface area contributed by atoms with Gasteiger partial charge in [-0.1, -0.05) is 20.8 Å². The van der Waals surface area contributed by atoms with E-state index in [0.717, 1.165) is 11.8 Å². The van der Waals surface area contributed by atoms with E-state index < -0.39 is 0 Å². The predicted octanol–water partition coefficient (Wildman–Crippen LogP) is 2.60. The van der Waals surface area contributed by atoms with Crippen LogP contribution in [-0.4, -0.2) is 25.2 Å². The van der Waals surface area contributed by atoms with Gasteiger partial charge in [0.15, 0.2) is 0 Å². The Bertz CT molecular complexity index is 245. The lowest BCUT2D eigenvalue weighted by molar-refractivity contribution is -0.145. The van der Waals surface area contributed by atoms with Crippen LogP contribution in [0.3, 0.4) is 0 Å². The van der Waals surface area contributed by atoms with E-state index in [1.165, 1.54) is 26.4 Å². The SMILES string of the molecule is COC(=O)C(C)C(C)NC1CC(C)CC(C)C1. The van der Waals surface area contributed by atoms with Crippen molar-refractivity contribution in [2.45, 2.75) is 59.0 Å². The summed E-state index contributed by atoms with van der Waals surface area (Å²) in [6.45, 7) is 8.64. The molecule has 0 aliphatic heterocycles. The molecular formula is C14H27NO2. The monoisotopic (exact) mass is 241 g/mol. The molecule has 4 atom stereocenters. The fourth-order valence-electron chi connectivity index (χ4n) is 2.99. The molecule has 3 nitrogen and oxygen atoms in total. The lowest BCUT2D eigenvalue weighted by Gasteiger charge is -2.35. The third kappa shape index (κ3) is 4.30. The maximum absolute atomic E-state index is 11.5. The highest BCUT2D eigenvalue weighted by molar-refractivity contribution is 5.72. The Morgan fingerprint density at radius 2 is 1.71 bits per heavy atom. The fraction of sp³-hybridized carbons (Fsp3) is 0.929. The summed E-state index contributed by atoms with van der Waals surface area (Å²) < 4.78 is 4.79. The van der Waals surface area contributed by atoms with Crippen molar-refractivity contribution >= 4 is 5.97 Å². The van der Waals surface area contributed by atoms with E-state index in [0.29, 0.717) is 6.04 Å². The Hall–Kier alpha value is -0.570. The summed E-state index contributed by atoms with van der Waals surface area (Å²) in [6, 6.07) is 0.737. The van der Waals surface area contributed by atoms with E-state index >= 15 is 0 Å². The van der Waals surface area contributed by atoms with Gasteiger partial charge in [-0.3, -0.25) is 4.79 Å². The van der Waals surface area contributed by atoms with Crippen molar-refractivity contribution in [3.05, 3.63) is 0 Å². The molecule has 0 radical (unpaired) electrons. The third-order valence-corrected chi connectivity index (χ3v) is 4.00. The molecule has 0 amide bonds. The molecule has 0 aromatic heterocycles. The molecule has 1 fully saturated rings. The Morgan fingerprint density at radius 1 is 1.18 bits per heavy atom. The second-order valence-corrected chi connectivity index (χ2v) is 5.88. The molecule has 3 heteroatoms. The first-order valence-electron chi connectivity index (χ1n) is 6.77. The van der Waals surface area contributed by atoms with Crippen LogP contribution in [0, 0.1) is 17.8 Å². The smallest absolute Gasteiger partial charge is 0.309 e. The normalized spacial score (nSPS) is 32.9. The van der Waals surface area contributed by atoms with E-state index in [-0.39, 0.29) is 17.9 Å². The Kier molecular flexibility index (Phi) is 5.44. The van der Waals surface area contributed by atoms with Crippen LogP contribution in [0.5, 0.6) is 0 Å². The Morgan fingerprint density at radius 3 is 2.18 bits per heavy atom. The summed E-state index contributed by atoms with van der Waals surface area (Å²) in [5.74, 6) is 1.38. The average molecular weight is 241 g/mol. The van der Waals surface area contributed by atoms with Crippen LogP contribution in [0.1, 0.15) is 47.0 Å². The minimum atomic E-state index is -0.123. The van der Waals surface area contributed by atoms with Crippen molar-refractivity contribution in [3.8, 4) is 0 Å². The maximum atomic E-state index is 11.5. The molecule has 0 bridgehead atoms. The minimum Gasteiger partial charge on any atom is -0.469 e. The lowest BCUT2D eigenvalue weighted by Crippen LogP contribution is -2.45. The first-order chi connectivity index (χ1) is 7.93. The molecule has 17 heavy (non-hydrogen) atoms. The van der Waals surface area contributed by atoms with Gasteiger partial charge >= 0.3 is 5.97 Å². The molecule has 0 spiro atoms. The van der Waals surface area contributed by atoms with Crippen LogP contribution in [0.25, 0.3) is 0 Å². The van der Waals surface area contributed by atoms with Gasteiger partial charge in [-0.15, -0.1) is 0 Å². The number of methoxy groups -OCH3 is 1. The van der Waals surface area contributed by atoms with Gasteiger partial charge in [-0.25, -0.2) is 0 Å². The van der Waals surface area contributed by atoms with Gasteiger partial charge < -0.3 is 10.1 Å². The lowest BCUT2D eigenvalue weighted by atomic mass is 9.80. The number of hydrogen-bond acceptors (Lipinski definition) is 3. The summed E-state index contributed by atoms with van der Waals surface area (Å²) in [7, 11) is 1.45. The number of rotatable bonds is 4. The van der Waals surface area contributed by atoms with Crippen molar-refractivity contribution in [2.75, 3.05) is 7.11 Å². The molecule has 1 saturated carbocycles. The quantitative estimate of drug-likeness (QED) is 0.769. The van der Waals surface area contributed by atoms with E-state index in [2.05, 4.69) is 26.1 Å². The molecule has 0 saturated heterocycles. The van der Waals surface area contributed by atoms with Crippen LogP contribution in [0.15, 0.2) is 0 Å². The van der Waals surface area contributed by atoms with Gasteiger partial charge in [0, 0.05) is 12.1 Å². The average Bonchev–Trinajstić information content (AvgIpc) is 2.25. The van der Waals surface area contributed by atoms with Crippen LogP contribution in [-0.2, 0) is 9.53 Å². The molecule has 1 aliphatic carbocycles. The molecule has 4 unspecified atom stereocenters. The fourth-order valence-corrected chi connectivity index (χ4v) is 2.99. The first-order valence-corrected chi connectivity index (χ1v) is 6.77. The zero-order valence-electron chi connectivity index (χ0n) is 11.8. The van der Waals surface area contributed by atoms with Gasteiger partial charge in [0.2, 0.25) is 0 Å². The third-order valence-electron chi connectivity index (χ3n) is 4.00. The molecule has 1 aliphatic rings. The molecule has 0 aromatic carbocycles. The van der Waals surface area contributed by atoms with Gasteiger partial charge in [-0.2, -0.15) is 0 Å². The van der Waals surface area contributed by atoms with Crippen LogP contribution in [0.4, 0.5) is 0 Å². The van der Waals surface area contributed by atoms with Crippen molar-refractivity contribution in [1.82, 2.24) is 5.32 Å². The molecule has 0 aromatic rings. The summed E-state index contributed by atoms with van der Waals surface area (Å²) in [5, 5.41) is 3.59. The number of carbonyl (C=O) groups excluding carboxylic acids is 1. The number of nitrogens with one attached hydrogen (secondary N) is 1. The second kappa shape index (κ2) is 6.39. The molecular weight excluding hydrogens is 214 g/mol. The molecule has 1 rings (SSSR count). The van der Waals surface area contributed by atoms with Crippen LogP contribution >= 0.6 is 0 Å². The maximum Gasteiger partial charge on any atom is 0.309 e. The number of ether oxygens (including phenoxy) is 1. The van der Waals surface area contributed by atoms with Gasteiger partial charge in [0.05, 0.1) is 13.0 Å². The summed E-state index contributed by atoms with van der Waals surface area (Å²) in [6.07, 6.45) is 3.78. The summed E-state index contributed by atoms with van der Waals surface area (Å²) >= 11 is 0. The summed E-state index contributed by atoms with van der Waals surface area (Å²) in [4.78, 5) is 11.5. The standard InChI is InChI=1S/C14H27NO2/c1-9-6-10(2)8-13(7-9)15-12(4)11(3)14(16)17-5/h9-13,15H,6-8H2,1-5H3. The second-order valence-electron chi connectivity index (χ2n) is 5.88. The van der Waals surface area contributed by atoms with Crippen molar-refractivity contribution in [1.29, 1.82) is 0 Å². The van der Waals surface area contributed by atoms with Crippen LogP contribution in [0.2, 0.25) is 0 Å². The molecule has 0 heterocycles. The topological polar surface area (TPSA) is 38.3 Å². The van der Waals surface area contributed by atoms with Gasteiger partial charge in [-0.05, 0) is 38.0 Å².